The van der Waals surface area contributed by atoms with Crippen LogP contribution < -0.4 is 4.90 Å². The minimum atomic E-state index is 1.06. The number of benzene rings is 6. The number of anilines is 3. The van der Waals surface area contributed by atoms with Gasteiger partial charge in [-0.25, -0.2) is 0 Å². The summed E-state index contributed by atoms with van der Waals surface area (Å²) < 4.78 is 0. The second-order valence-corrected chi connectivity index (χ2v) is 8.47. The molecule has 0 fully saturated rings. The van der Waals surface area contributed by atoms with Crippen LogP contribution in [0, 0.1) is 0 Å². The van der Waals surface area contributed by atoms with Crippen molar-refractivity contribution in [2.24, 2.45) is 0 Å². The van der Waals surface area contributed by atoms with E-state index in [9.17, 15) is 0 Å². The lowest BCUT2D eigenvalue weighted by Crippen LogP contribution is -2.10. The number of rotatable bonds is 3. The third kappa shape index (κ3) is 2.71. The minimum absolute atomic E-state index is 1.06. The van der Waals surface area contributed by atoms with Crippen molar-refractivity contribution in [3.63, 3.8) is 0 Å². The van der Waals surface area contributed by atoms with Gasteiger partial charge in [-0.1, -0.05) is 72.8 Å². The quantitative estimate of drug-likeness (QED) is 0.210. The van der Waals surface area contributed by atoms with Gasteiger partial charge < -0.3 is 4.90 Å². The Balaban J connectivity index is 1.61. The molecule has 0 radical (unpaired) electrons. The maximum Gasteiger partial charge on any atom is 0.0780 e. The lowest BCUT2D eigenvalue weighted by atomic mass is 9.91. The van der Waals surface area contributed by atoms with Crippen LogP contribution in [0.5, 0.6) is 0 Å². The summed E-state index contributed by atoms with van der Waals surface area (Å²) in [6.45, 7) is 0. The van der Waals surface area contributed by atoms with E-state index in [1.165, 1.54) is 43.4 Å². The van der Waals surface area contributed by atoms with E-state index in [1.54, 1.807) is 0 Å². The van der Waals surface area contributed by atoms with Gasteiger partial charge in [0, 0.05) is 33.7 Å². The molecule has 6 aromatic carbocycles. The largest absolute Gasteiger partial charge is 0.310 e. The second kappa shape index (κ2) is 7.04. The summed E-state index contributed by atoms with van der Waals surface area (Å²) >= 11 is 0. The van der Waals surface area contributed by atoms with Crippen molar-refractivity contribution in [1.82, 2.24) is 4.98 Å². The summed E-state index contributed by atoms with van der Waals surface area (Å²) in [7, 11) is 0. The predicted octanol–water partition coefficient (Wildman–Crippen LogP) is 8.60. The molecule has 0 amide bonds. The number of aromatic nitrogens is 1. The van der Waals surface area contributed by atoms with Crippen molar-refractivity contribution in [3.05, 3.63) is 121 Å². The molecule has 2 nitrogen and oxygen atoms in total. The first-order valence-electron chi connectivity index (χ1n) is 11.2. The Morgan fingerprint density at radius 3 is 1.88 bits per heavy atom. The zero-order chi connectivity index (χ0) is 21.8. The first-order valence-corrected chi connectivity index (χ1v) is 11.2. The third-order valence-corrected chi connectivity index (χ3v) is 6.60. The van der Waals surface area contributed by atoms with Crippen molar-refractivity contribution in [2.75, 3.05) is 4.90 Å². The second-order valence-electron chi connectivity index (χ2n) is 8.47. The van der Waals surface area contributed by atoms with Crippen LogP contribution in [-0.2, 0) is 0 Å². The van der Waals surface area contributed by atoms with Gasteiger partial charge in [-0.3, -0.25) is 4.98 Å². The fourth-order valence-electron chi connectivity index (χ4n) is 5.18. The van der Waals surface area contributed by atoms with E-state index in [0.717, 1.165) is 16.9 Å². The van der Waals surface area contributed by atoms with E-state index in [-0.39, 0.29) is 0 Å². The normalized spacial score (nSPS) is 11.6. The number of para-hydroxylation sites is 2. The average Bonchev–Trinajstić information content (AvgIpc) is 2.89. The third-order valence-electron chi connectivity index (χ3n) is 6.60. The van der Waals surface area contributed by atoms with Crippen molar-refractivity contribution in [2.45, 2.75) is 0 Å². The van der Waals surface area contributed by atoms with Crippen LogP contribution in [0.15, 0.2) is 121 Å². The van der Waals surface area contributed by atoms with Gasteiger partial charge in [0.2, 0.25) is 0 Å². The lowest BCUT2D eigenvalue weighted by molar-refractivity contribution is 1.30. The predicted molar refractivity (Wildman–Crippen MR) is 140 cm³/mol. The molecule has 0 aliphatic carbocycles. The summed E-state index contributed by atoms with van der Waals surface area (Å²) in [4.78, 5) is 7.08. The Labute approximate surface area is 191 Å². The molecule has 0 saturated carbocycles. The zero-order valence-corrected chi connectivity index (χ0v) is 17.9. The molecule has 1 aromatic heterocycles. The molecule has 0 unspecified atom stereocenters. The van der Waals surface area contributed by atoms with Crippen molar-refractivity contribution in [3.8, 4) is 0 Å². The highest BCUT2D eigenvalue weighted by Crippen LogP contribution is 2.44. The number of nitrogens with zero attached hydrogens (tertiary/aromatic N) is 2. The summed E-state index contributed by atoms with van der Waals surface area (Å²) in [6, 6.07) is 41.1. The van der Waals surface area contributed by atoms with Gasteiger partial charge in [0.15, 0.2) is 0 Å². The van der Waals surface area contributed by atoms with Crippen LogP contribution in [0.1, 0.15) is 0 Å². The summed E-state index contributed by atoms with van der Waals surface area (Å²) in [6.07, 6.45) is 1.89. The van der Waals surface area contributed by atoms with Crippen LogP contribution in [0.25, 0.3) is 43.2 Å². The Bertz CT molecular complexity index is 1720. The van der Waals surface area contributed by atoms with E-state index in [0.29, 0.717) is 0 Å². The van der Waals surface area contributed by atoms with Gasteiger partial charge in [-0.2, -0.15) is 0 Å². The number of hydrogen-bond acceptors (Lipinski definition) is 2. The maximum absolute atomic E-state index is 4.73. The Morgan fingerprint density at radius 1 is 0.485 bits per heavy atom. The molecule has 0 N–H and O–H groups in total. The number of hydrogen-bond donors (Lipinski definition) is 0. The number of fused-ring (bicyclic) bond motifs is 2. The molecule has 0 bridgehead atoms. The molecule has 7 aromatic rings. The van der Waals surface area contributed by atoms with Crippen LogP contribution in [-0.4, -0.2) is 4.98 Å². The average molecular weight is 421 g/mol. The molecular formula is C31H20N2. The first kappa shape index (κ1) is 18.2. The highest BCUT2D eigenvalue weighted by atomic mass is 15.1. The van der Waals surface area contributed by atoms with Gasteiger partial charge in [0.1, 0.15) is 0 Å². The first-order chi connectivity index (χ1) is 16.4. The molecule has 2 heteroatoms. The molecule has 154 valence electrons. The van der Waals surface area contributed by atoms with Gasteiger partial charge >= 0.3 is 0 Å². The van der Waals surface area contributed by atoms with E-state index < -0.39 is 0 Å². The highest BCUT2D eigenvalue weighted by molar-refractivity contribution is 6.30. The van der Waals surface area contributed by atoms with E-state index in [2.05, 4.69) is 114 Å². The van der Waals surface area contributed by atoms with Crippen molar-refractivity contribution in [1.29, 1.82) is 0 Å². The molecule has 1 heterocycles. The summed E-state index contributed by atoms with van der Waals surface area (Å²) in [5, 5.41) is 8.73. The van der Waals surface area contributed by atoms with Crippen LogP contribution in [0.4, 0.5) is 17.1 Å². The smallest absolute Gasteiger partial charge is 0.0780 e. The van der Waals surface area contributed by atoms with E-state index in [1.807, 2.05) is 12.3 Å². The standard InChI is InChI=1S/C31H20N2/c1-3-9-24(10-4-1)33(25-11-5-2-6-12-25)28-18-15-21-13-14-22-20-23-8-7-19-32-31(23)27-17-16-26(28)29(21)30(22)27/h1-20H. The monoisotopic (exact) mass is 420 g/mol. The van der Waals surface area contributed by atoms with Gasteiger partial charge in [-0.05, 0) is 64.0 Å². The molecule has 7 rings (SSSR count). The Kier molecular flexibility index (Phi) is 3.88. The van der Waals surface area contributed by atoms with E-state index in [4.69, 9.17) is 4.98 Å². The van der Waals surface area contributed by atoms with Gasteiger partial charge in [0.05, 0.1) is 11.2 Å². The van der Waals surface area contributed by atoms with Gasteiger partial charge in [0.25, 0.3) is 0 Å². The lowest BCUT2D eigenvalue weighted by Gasteiger charge is -2.27. The molecule has 0 saturated heterocycles. The molecule has 0 aliphatic rings. The van der Waals surface area contributed by atoms with Crippen molar-refractivity contribution < 1.29 is 0 Å². The summed E-state index contributed by atoms with van der Waals surface area (Å²) in [5.41, 5.74) is 4.53. The minimum Gasteiger partial charge on any atom is -0.310 e. The SMILES string of the molecule is c1ccc(N(c2ccccc2)c2ccc3ccc4cc5cccnc5c5ccc2c3c45)cc1. The van der Waals surface area contributed by atoms with Crippen molar-refractivity contribution >= 4 is 60.3 Å². The molecule has 0 aliphatic heterocycles. The highest BCUT2D eigenvalue weighted by Gasteiger charge is 2.18. The van der Waals surface area contributed by atoms with Gasteiger partial charge in [-0.15, -0.1) is 0 Å². The fourth-order valence-corrected chi connectivity index (χ4v) is 5.18. The molecule has 33 heavy (non-hydrogen) atoms. The van der Waals surface area contributed by atoms with Crippen LogP contribution >= 0.6 is 0 Å². The molecule has 0 spiro atoms. The fraction of sp³-hybridized carbons (Fsp3) is 0. The van der Waals surface area contributed by atoms with Crippen LogP contribution in [0.2, 0.25) is 0 Å². The number of pyridine rings is 1. The molecular weight excluding hydrogens is 400 g/mol. The topological polar surface area (TPSA) is 16.1 Å². The molecule has 0 atom stereocenters. The van der Waals surface area contributed by atoms with Crippen LogP contribution in [0.3, 0.4) is 0 Å². The zero-order valence-electron chi connectivity index (χ0n) is 17.9. The van der Waals surface area contributed by atoms with E-state index >= 15 is 0 Å². The Hall–Kier alpha value is -4.43. The maximum atomic E-state index is 4.73. The summed E-state index contributed by atoms with van der Waals surface area (Å²) in [5.74, 6) is 0. The Morgan fingerprint density at radius 2 is 1.12 bits per heavy atom.